The van der Waals surface area contributed by atoms with E-state index in [1.54, 1.807) is 10.6 Å². The van der Waals surface area contributed by atoms with E-state index in [1.807, 2.05) is 6.20 Å². The van der Waals surface area contributed by atoms with Gasteiger partial charge in [-0.2, -0.15) is 0 Å². The highest BCUT2D eigenvalue weighted by Crippen LogP contribution is 2.37. The lowest BCUT2D eigenvalue weighted by atomic mass is 10.00. The molecule has 0 bridgehead atoms. The second kappa shape index (κ2) is 7.39. The monoisotopic (exact) mass is 421 g/mol. The second-order valence-corrected chi connectivity index (χ2v) is 8.62. The summed E-state index contributed by atoms with van der Waals surface area (Å²) in [6.45, 7) is 3.70. The van der Waals surface area contributed by atoms with Crippen LogP contribution in [-0.4, -0.2) is 45.2 Å². The Balaban J connectivity index is 1.13. The van der Waals surface area contributed by atoms with Gasteiger partial charge in [0.1, 0.15) is 11.6 Å². The predicted octanol–water partition coefficient (Wildman–Crippen LogP) is 2.17. The number of nitrogens with zero attached hydrogens (tertiary/aromatic N) is 4. The Morgan fingerprint density at radius 1 is 1.19 bits per heavy atom. The van der Waals surface area contributed by atoms with Crippen LogP contribution in [0.25, 0.3) is 11.0 Å². The van der Waals surface area contributed by atoms with E-state index in [-0.39, 0.29) is 17.4 Å². The normalized spacial score (nSPS) is 20.9. The zero-order valence-electron chi connectivity index (χ0n) is 17.2. The van der Waals surface area contributed by atoms with Gasteiger partial charge in [0.15, 0.2) is 0 Å². The van der Waals surface area contributed by atoms with Crippen LogP contribution >= 0.6 is 0 Å². The molecule has 3 aliphatic rings. The standard InChI is InChI=1S/C23H24FN5O2/c24-17-11-27-18-1-2-21(30)29-13-19(22(17)23(18)29)28-6-3-15(4-7-28)25-10-16-9-14-5-8-31-20(14)12-26-16/h1-2,9,11-12,15,19,25H,3-8,10,13H2. The SMILES string of the molecule is O=c1ccc2ncc(F)c3c2n1CC3N1CCC(NCc2cc3c(cn2)OCC3)CC1. The highest BCUT2D eigenvalue weighted by Gasteiger charge is 2.35. The van der Waals surface area contributed by atoms with E-state index in [2.05, 4.69) is 26.3 Å². The van der Waals surface area contributed by atoms with Gasteiger partial charge in [-0.1, -0.05) is 0 Å². The predicted molar refractivity (Wildman–Crippen MR) is 114 cm³/mol. The lowest BCUT2D eigenvalue weighted by Gasteiger charge is -2.36. The third-order valence-electron chi connectivity index (χ3n) is 6.86. The van der Waals surface area contributed by atoms with Crippen molar-refractivity contribution < 1.29 is 9.13 Å². The average molecular weight is 421 g/mol. The Bertz CT molecular complexity index is 1220. The molecule has 1 saturated heterocycles. The van der Waals surface area contributed by atoms with Crippen LogP contribution in [0, 0.1) is 5.82 Å². The average Bonchev–Trinajstić information content (AvgIpc) is 3.43. The summed E-state index contributed by atoms with van der Waals surface area (Å²) in [5.74, 6) is 0.590. The number of rotatable bonds is 4. The van der Waals surface area contributed by atoms with Crippen LogP contribution in [-0.2, 0) is 19.5 Å². The highest BCUT2D eigenvalue weighted by atomic mass is 19.1. The summed E-state index contributed by atoms with van der Waals surface area (Å²) in [6, 6.07) is 5.63. The number of likely N-dealkylation sites (tertiary alicyclic amines) is 1. The Morgan fingerprint density at radius 2 is 2.06 bits per heavy atom. The van der Waals surface area contributed by atoms with E-state index in [1.165, 1.54) is 17.8 Å². The molecule has 31 heavy (non-hydrogen) atoms. The van der Waals surface area contributed by atoms with Crippen molar-refractivity contribution in [3.63, 3.8) is 0 Å². The zero-order valence-corrected chi connectivity index (χ0v) is 17.2. The number of fused-ring (bicyclic) bond motifs is 1. The first-order chi connectivity index (χ1) is 15.2. The van der Waals surface area contributed by atoms with Gasteiger partial charge in [0, 0.05) is 55.8 Å². The lowest BCUT2D eigenvalue weighted by Crippen LogP contribution is -2.44. The molecule has 0 aromatic carbocycles. The topological polar surface area (TPSA) is 72.3 Å². The van der Waals surface area contributed by atoms with E-state index < -0.39 is 0 Å². The molecule has 6 rings (SSSR count). The van der Waals surface area contributed by atoms with Crippen LogP contribution < -0.4 is 15.6 Å². The van der Waals surface area contributed by atoms with E-state index >= 15 is 0 Å². The summed E-state index contributed by atoms with van der Waals surface area (Å²) in [6.07, 6.45) is 6.02. The first-order valence-corrected chi connectivity index (χ1v) is 10.9. The number of hydrogen-bond donors (Lipinski definition) is 1. The first kappa shape index (κ1) is 18.9. The number of nitrogens with one attached hydrogen (secondary N) is 1. The summed E-state index contributed by atoms with van der Waals surface area (Å²) in [5.41, 5.74) is 4.15. The van der Waals surface area contributed by atoms with Crippen LogP contribution in [0.3, 0.4) is 0 Å². The van der Waals surface area contributed by atoms with Gasteiger partial charge in [-0.3, -0.25) is 19.7 Å². The van der Waals surface area contributed by atoms with Crippen molar-refractivity contribution >= 4 is 11.0 Å². The Kier molecular flexibility index (Phi) is 4.50. The molecule has 1 fully saturated rings. The van der Waals surface area contributed by atoms with Gasteiger partial charge in [-0.15, -0.1) is 0 Å². The van der Waals surface area contributed by atoms with Crippen molar-refractivity contribution in [2.24, 2.45) is 0 Å². The minimum atomic E-state index is -0.318. The minimum absolute atomic E-state index is 0.0903. The molecule has 0 radical (unpaired) electrons. The van der Waals surface area contributed by atoms with E-state index in [4.69, 9.17) is 4.74 Å². The molecule has 1 N–H and O–H groups in total. The molecule has 0 spiro atoms. The largest absolute Gasteiger partial charge is 0.491 e. The quantitative estimate of drug-likeness (QED) is 0.696. The van der Waals surface area contributed by atoms with Gasteiger partial charge >= 0.3 is 0 Å². The van der Waals surface area contributed by atoms with E-state index in [0.29, 0.717) is 29.2 Å². The van der Waals surface area contributed by atoms with Gasteiger partial charge in [0.05, 0.1) is 41.8 Å². The van der Waals surface area contributed by atoms with Gasteiger partial charge in [0.2, 0.25) is 0 Å². The van der Waals surface area contributed by atoms with Crippen molar-refractivity contribution in [2.75, 3.05) is 19.7 Å². The maximum atomic E-state index is 14.7. The van der Waals surface area contributed by atoms with Gasteiger partial charge in [-0.05, 0) is 25.0 Å². The molecule has 0 amide bonds. The Hall–Kier alpha value is -2.84. The van der Waals surface area contributed by atoms with Crippen molar-refractivity contribution in [3.05, 3.63) is 63.6 Å². The highest BCUT2D eigenvalue weighted by molar-refractivity contribution is 5.80. The molecule has 3 aliphatic heterocycles. The molecule has 8 heteroatoms. The zero-order chi connectivity index (χ0) is 20.9. The minimum Gasteiger partial charge on any atom is -0.491 e. The third-order valence-corrected chi connectivity index (χ3v) is 6.86. The molecule has 160 valence electrons. The molecule has 1 unspecified atom stereocenters. The molecule has 3 aromatic heterocycles. The number of halogens is 1. The number of hydrogen-bond acceptors (Lipinski definition) is 6. The van der Waals surface area contributed by atoms with Crippen molar-refractivity contribution in [3.8, 4) is 5.75 Å². The smallest absolute Gasteiger partial charge is 0.251 e. The van der Waals surface area contributed by atoms with Crippen LogP contribution in [0.4, 0.5) is 4.39 Å². The maximum Gasteiger partial charge on any atom is 0.251 e. The molecule has 0 aliphatic carbocycles. The molecule has 1 atom stereocenters. The summed E-state index contributed by atoms with van der Waals surface area (Å²) >= 11 is 0. The summed E-state index contributed by atoms with van der Waals surface area (Å²) in [4.78, 5) is 23.3. The van der Waals surface area contributed by atoms with Gasteiger partial charge < -0.3 is 14.6 Å². The first-order valence-electron chi connectivity index (χ1n) is 10.9. The fourth-order valence-corrected chi connectivity index (χ4v) is 5.22. The van der Waals surface area contributed by atoms with E-state index in [9.17, 15) is 9.18 Å². The Labute approximate surface area is 178 Å². The molecular weight excluding hydrogens is 397 g/mol. The van der Waals surface area contributed by atoms with Crippen LogP contribution in [0.5, 0.6) is 5.75 Å². The lowest BCUT2D eigenvalue weighted by molar-refractivity contribution is 0.134. The number of piperidine rings is 1. The second-order valence-electron chi connectivity index (χ2n) is 8.62. The molecule has 0 saturated carbocycles. The third kappa shape index (κ3) is 3.21. The summed E-state index contributed by atoms with van der Waals surface area (Å²) < 4.78 is 21.9. The van der Waals surface area contributed by atoms with Crippen LogP contribution in [0.2, 0.25) is 0 Å². The maximum absolute atomic E-state index is 14.7. The number of aromatic nitrogens is 3. The fraction of sp³-hybridized carbons (Fsp3) is 0.435. The number of ether oxygens (including phenoxy) is 1. The molecule has 3 aromatic rings. The summed E-state index contributed by atoms with van der Waals surface area (Å²) in [7, 11) is 0. The molecule has 7 nitrogen and oxygen atoms in total. The molecular formula is C23H24FN5O2. The van der Waals surface area contributed by atoms with E-state index in [0.717, 1.165) is 56.9 Å². The van der Waals surface area contributed by atoms with Gasteiger partial charge in [0.25, 0.3) is 5.56 Å². The fourth-order valence-electron chi connectivity index (χ4n) is 5.22. The van der Waals surface area contributed by atoms with Crippen molar-refractivity contribution in [1.29, 1.82) is 0 Å². The van der Waals surface area contributed by atoms with Crippen molar-refractivity contribution in [2.45, 2.75) is 44.4 Å². The van der Waals surface area contributed by atoms with Crippen molar-refractivity contribution in [1.82, 2.24) is 24.8 Å². The number of pyridine rings is 3. The Morgan fingerprint density at radius 3 is 2.94 bits per heavy atom. The van der Waals surface area contributed by atoms with Crippen LogP contribution in [0.15, 0.2) is 35.4 Å². The van der Waals surface area contributed by atoms with Gasteiger partial charge in [-0.25, -0.2) is 4.39 Å². The summed E-state index contributed by atoms with van der Waals surface area (Å²) in [5, 5.41) is 3.63. The van der Waals surface area contributed by atoms with Crippen LogP contribution in [0.1, 0.15) is 35.7 Å². The molecule has 6 heterocycles.